The molecule has 0 aliphatic carbocycles. The van der Waals surface area contributed by atoms with Gasteiger partial charge in [0.05, 0.1) is 22.8 Å². The van der Waals surface area contributed by atoms with E-state index < -0.39 is 24.1 Å². The van der Waals surface area contributed by atoms with Crippen molar-refractivity contribution in [2.75, 3.05) is 0 Å². The Hall–Kier alpha value is -1.38. The second-order valence-electron chi connectivity index (χ2n) is 5.43. The Morgan fingerprint density at radius 2 is 1.72 bits per heavy atom. The van der Waals surface area contributed by atoms with E-state index in [4.69, 9.17) is 14.6 Å². The molecular weight excluding hydrogens is 232 g/mol. The molecule has 94 valence electrons. The van der Waals surface area contributed by atoms with Crippen molar-refractivity contribution in [2.24, 2.45) is 0 Å². The van der Waals surface area contributed by atoms with E-state index in [1.807, 2.05) is 33.8 Å². The minimum atomic E-state index is -0.708. The summed E-state index contributed by atoms with van der Waals surface area (Å²) in [5, 5.41) is 9.05. The lowest BCUT2D eigenvalue weighted by atomic mass is 9.76. The van der Waals surface area contributed by atoms with Gasteiger partial charge in [0.25, 0.3) is 0 Å². The lowest BCUT2D eigenvalue weighted by molar-refractivity contribution is 0.00578. The predicted molar refractivity (Wildman–Crippen MR) is 66.8 cm³/mol. The van der Waals surface area contributed by atoms with Gasteiger partial charge in [-0.15, -0.1) is 0 Å². The Labute approximate surface area is 107 Å². The predicted octanol–water partition coefficient (Wildman–Crippen LogP) is 2.00. The van der Waals surface area contributed by atoms with Crippen LogP contribution >= 0.6 is 0 Å². The van der Waals surface area contributed by atoms with Gasteiger partial charge < -0.3 is 9.31 Å². The molecule has 0 amide bonds. The Bertz CT molecular complexity index is 506. The molecule has 5 heteroatoms. The normalized spacial score (nSPS) is 20.8. The highest BCUT2D eigenvalue weighted by molar-refractivity contribution is 6.62. The van der Waals surface area contributed by atoms with E-state index in [2.05, 4.69) is 0 Å². The molecule has 0 bridgehead atoms. The SMILES string of the molecule is CC1(C)OB(c2cc(F)ccc2C#N)OC1(C)C. The minimum Gasteiger partial charge on any atom is -0.399 e. The monoisotopic (exact) mass is 247 g/mol. The van der Waals surface area contributed by atoms with E-state index in [1.165, 1.54) is 18.2 Å². The quantitative estimate of drug-likeness (QED) is 0.712. The fourth-order valence-electron chi connectivity index (χ4n) is 1.80. The zero-order valence-electron chi connectivity index (χ0n) is 11.0. The molecule has 0 spiro atoms. The van der Waals surface area contributed by atoms with Crippen molar-refractivity contribution < 1.29 is 13.7 Å². The highest BCUT2D eigenvalue weighted by atomic mass is 19.1. The second kappa shape index (κ2) is 4.08. The summed E-state index contributed by atoms with van der Waals surface area (Å²) in [6, 6.07) is 6.02. The van der Waals surface area contributed by atoms with Crippen molar-refractivity contribution >= 4 is 12.6 Å². The third-order valence-corrected chi connectivity index (χ3v) is 3.64. The average Bonchev–Trinajstić information content (AvgIpc) is 2.48. The maximum absolute atomic E-state index is 13.3. The van der Waals surface area contributed by atoms with Crippen LogP contribution < -0.4 is 5.46 Å². The molecular formula is C13H15BFNO2. The maximum atomic E-state index is 13.3. The molecule has 1 aliphatic heterocycles. The van der Waals surface area contributed by atoms with Gasteiger partial charge >= 0.3 is 7.12 Å². The van der Waals surface area contributed by atoms with Gasteiger partial charge in [0, 0.05) is 5.46 Å². The van der Waals surface area contributed by atoms with Crippen LogP contribution in [-0.2, 0) is 9.31 Å². The van der Waals surface area contributed by atoms with E-state index in [1.54, 1.807) is 0 Å². The van der Waals surface area contributed by atoms with Gasteiger partial charge in [-0.3, -0.25) is 0 Å². The summed E-state index contributed by atoms with van der Waals surface area (Å²) < 4.78 is 24.9. The molecule has 3 nitrogen and oxygen atoms in total. The molecule has 0 saturated carbocycles. The van der Waals surface area contributed by atoms with Crippen LogP contribution in [-0.4, -0.2) is 18.3 Å². The van der Waals surface area contributed by atoms with Crippen LogP contribution in [0.5, 0.6) is 0 Å². The fraction of sp³-hybridized carbons (Fsp3) is 0.462. The average molecular weight is 247 g/mol. The zero-order chi connectivity index (χ0) is 13.6. The molecule has 1 saturated heterocycles. The summed E-state index contributed by atoms with van der Waals surface area (Å²) in [4.78, 5) is 0. The molecule has 1 aromatic carbocycles. The van der Waals surface area contributed by atoms with Crippen molar-refractivity contribution in [1.29, 1.82) is 5.26 Å². The van der Waals surface area contributed by atoms with Crippen LogP contribution in [0.2, 0.25) is 0 Å². The summed E-state index contributed by atoms with van der Waals surface area (Å²) in [5.74, 6) is -0.404. The van der Waals surface area contributed by atoms with Gasteiger partial charge in [-0.1, -0.05) is 0 Å². The first-order valence-electron chi connectivity index (χ1n) is 5.82. The van der Waals surface area contributed by atoms with Gasteiger partial charge in [-0.25, -0.2) is 4.39 Å². The molecule has 1 aliphatic rings. The van der Waals surface area contributed by atoms with E-state index >= 15 is 0 Å². The Balaban J connectivity index is 2.41. The molecule has 0 radical (unpaired) electrons. The summed E-state index contributed by atoms with van der Waals surface area (Å²) in [6.45, 7) is 7.66. The van der Waals surface area contributed by atoms with Crippen molar-refractivity contribution in [3.8, 4) is 6.07 Å². The lowest BCUT2D eigenvalue weighted by Gasteiger charge is -2.32. The third kappa shape index (κ3) is 2.02. The highest BCUT2D eigenvalue weighted by Crippen LogP contribution is 2.36. The molecule has 0 unspecified atom stereocenters. The first kappa shape index (κ1) is 13.1. The molecule has 1 heterocycles. The summed E-state index contributed by atoms with van der Waals surface area (Å²) in [6.07, 6.45) is 0. The minimum absolute atomic E-state index is 0.370. The standard InChI is InChI=1S/C13H15BFNO2/c1-12(2)13(3,4)18-14(17-12)11-7-10(15)6-5-9(11)8-16/h5-7H,1-4H3. The van der Waals surface area contributed by atoms with Crippen molar-refractivity contribution in [3.05, 3.63) is 29.6 Å². The van der Waals surface area contributed by atoms with Crippen LogP contribution in [0.3, 0.4) is 0 Å². The molecule has 2 rings (SSSR count). The number of hydrogen-bond acceptors (Lipinski definition) is 3. The first-order chi connectivity index (χ1) is 8.27. The maximum Gasteiger partial charge on any atom is 0.496 e. The Morgan fingerprint density at radius 3 is 2.22 bits per heavy atom. The molecule has 1 aromatic rings. The van der Waals surface area contributed by atoms with E-state index in [0.29, 0.717) is 11.0 Å². The summed E-state index contributed by atoms with van der Waals surface area (Å²) in [7, 11) is -0.708. The van der Waals surface area contributed by atoms with Crippen molar-refractivity contribution in [3.63, 3.8) is 0 Å². The number of hydrogen-bond donors (Lipinski definition) is 0. The largest absolute Gasteiger partial charge is 0.496 e. The van der Waals surface area contributed by atoms with E-state index in [0.717, 1.165) is 0 Å². The lowest BCUT2D eigenvalue weighted by Crippen LogP contribution is -2.41. The number of halogens is 1. The zero-order valence-corrected chi connectivity index (χ0v) is 11.0. The van der Waals surface area contributed by atoms with Crippen LogP contribution in [0.1, 0.15) is 33.3 Å². The number of nitriles is 1. The second-order valence-corrected chi connectivity index (χ2v) is 5.43. The van der Waals surface area contributed by atoms with Gasteiger partial charge in [0.1, 0.15) is 5.82 Å². The summed E-state index contributed by atoms with van der Waals surface area (Å²) >= 11 is 0. The molecule has 18 heavy (non-hydrogen) atoms. The van der Waals surface area contributed by atoms with Gasteiger partial charge in [0.2, 0.25) is 0 Å². The van der Waals surface area contributed by atoms with Crippen LogP contribution in [0.4, 0.5) is 4.39 Å². The van der Waals surface area contributed by atoms with Gasteiger partial charge in [-0.2, -0.15) is 5.26 Å². The molecule has 0 atom stereocenters. The smallest absolute Gasteiger partial charge is 0.399 e. The third-order valence-electron chi connectivity index (χ3n) is 3.64. The Morgan fingerprint density at radius 1 is 1.17 bits per heavy atom. The van der Waals surface area contributed by atoms with E-state index in [9.17, 15) is 4.39 Å². The highest BCUT2D eigenvalue weighted by Gasteiger charge is 2.52. The molecule has 0 aromatic heterocycles. The van der Waals surface area contributed by atoms with Crippen LogP contribution in [0, 0.1) is 17.1 Å². The molecule has 1 fully saturated rings. The van der Waals surface area contributed by atoms with Crippen LogP contribution in [0.15, 0.2) is 18.2 Å². The summed E-state index contributed by atoms with van der Waals surface area (Å²) in [5.41, 5.74) is -0.195. The number of rotatable bonds is 1. The first-order valence-corrected chi connectivity index (χ1v) is 5.82. The number of nitrogens with zero attached hydrogens (tertiary/aromatic N) is 1. The van der Waals surface area contributed by atoms with Crippen molar-refractivity contribution in [2.45, 2.75) is 38.9 Å². The van der Waals surface area contributed by atoms with Crippen LogP contribution in [0.25, 0.3) is 0 Å². The van der Waals surface area contributed by atoms with Gasteiger partial charge in [-0.05, 0) is 45.9 Å². The van der Waals surface area contributed by atoms with E-state index in [-0.39, 0.29) is 0 Å². The topological polar surface area (TPSA) is 42.2 Å². The Kier molecular flexibility index (Phi) is 2.96. The van der Waals surface area contributed by atoms with Crippen molar-refractivity contribution in [1.82, 2.24) is 0 Å². The molecule has 0 N–H and O–H groups in total. The number of benzene rings is 1. The van der Waals surface area contributed by atoms with Gasteiger partial charge in [0.15, 0.2) is 0 Å². The fourth-order valence-corrected chi connectivity index (χ4v) is 1.80.